The standard InChI is InChI=1S/C12H12O9S/c1-19-10(13)6-4-8(12(15)21-3)9(22(16,17)18)5-7(6)11(14)20-2/h4-5H,1-3H3,(H,16,17,18). The molecule has 0 atom stereocenters. The van der Waals surface area contributed by atoms with Crippen LogP contribution in [0.1, 0.15) is 31.1 Å². The molecule has 120 valence electrons. The summed E-state index contributed by atoms with van der Waals surface area (Å²) in [4.78, 5) is 34.1. The van der Waals surface area contributed by atoms with Crippen LogP contribution in [-0.2, 0) is 24.3 Å². The van der Waals surface area contributed by atoms with Crippen LogP contribution in [-0.4, -0.2) is 52.2 Å². The Kier molecular flexibility index (Phi) is 5.23. The van der Waals surface area contributed by atoms with E-state index in [1.165, 1.54) is 0 Å². The second-order valence-electron chi connectivity index (χ2n) is 3.84. The monoisotopic (exact) mass is 332 g/mol. The molecule has 1 rings (SSSR count). The van der Waals surface area contributed by atoms with Gasteiger partial charge in [-0.25, -0.2) is 14.4 Å². The van der Waals surface area contributed by atoms with E-state index in [0.717, 1.165) is 27.4 Å². The minimum absolute atomic E-state index is 0.415. The largest absolute Gasteiger partial charge is 0.465 e. The van der Waals surface area contributed by atoms with Crippen LogP contribution in [0.15, 0.2) is 17.0 Å². The third-order valence-electron chi connectivity index (χ3n) is 2.61. The lowest BCUT2D eigenvalue weighted by Crippen LogP contribution is -2.18. The molecule has 0 aliphatic carbocycles. The third kappa shape index (κ3) is 3.40. The number of hydrogen-bond donors (Lipinski definition) is 1. The van der Waals surface area contributed by atoms with E-state index >= 15 is 0 Å². The van der Waals surface area contributed by atoms with Gasteiger partial charge in [-0.3, -0.25) is 4.55 Å². The van der Waals surface area contributed by atoms with Gasteiger partial charge < -0.3 is 14.2 Å². The van der Waals surface area contributed by atoms with Gasteiger partial charge in [0.2, 0.25) is 0 Å². The maximum atomic E-state index is 11.7. The van der Waals surface area contributed by atoms with E-state index in [-0.39, 0.29) is 0 Å². The van der Waals surface area contributed by atoms with Gasteiger partial charge in [-0.1, -0.05) is 0 Å². The van der Waals surface area contributed by atoms with Crippen LogP contribution in [0.5, 0.6) is 0 Å². The van der Waals surface area contributed by atoms with Crippen LogP contribution in [0.25, 0.3) is 0 Å². The SMILES string of the molecule is COC(=O)c1cc(C(=O)OC)c(S(=O)(=O)O)cc1C(=O)OC. The Hall–Kier alpha value is -2.46. The van der Waals surface area contributed by atoms with Gasteiger partial charge in [0.25, 0.3) is 10.1 Å². The fourth-order valence-electron chi connectivity index (χ4n) is 1.62. The lowest BCUT2D eigenvalue weighted by atomic mass is 10.0. The van der Waals surface area contributed by atoms with Crippen LogP contribution in [0.3, 0.4) is 0 Å². The number of carbonyl (C=O) groups is 3. The lowest BCUT2D eigenvalue weighted by Gasteiger charge is -2.11. The van der Waals surface area contributed by atoms with E-state index in [4.69, 9.17) is 0 Å². The van der Waals surface area contributed by atoms with Gasteiger partial charge >= 0.3 is 17.9 Å². The van der Waals surface area contributed by atoms with Crippen molar-refractivity contribution < 1.29 is 41.6 Å². The molecule has 9 nitrogen and oxygen atoms in total. The first-order valence-electron chi connectivity index (χ1n) is 5.57. The Bertz CT molecular complexity index is 733. The summed E-state index contributed by atoms with van der Waals surface area (Å²) in [5.41, 5.74) is -1.53. The predicted octanol–water partition coefficient (Wildman–Crippen LogP) is 0.293. The van der Waals surface area contributed by atoms with Crippen LogP contribution in [0.4, 0.5) is 0 Å². The highest BCUT2D eigenvalue weighted by Gasteiger charge is 2.29. The quantitative estimate of drug-likeness (QED) is 0.469. The summed E-state index contributed by atoms with van der Waals surface area (Å²) < 4.78 is 45.2. The van der Waals surface area contributed by atoms with E-state index in [1.807, 2.05) is 0 Å². The van der Waals surface area contributed by atoms with Gasteiger partial charge in [-0.15, -0.1) is 0 Å². The molecule has 0 saturated heterocycles. The van der Waals surface area contributed by atoms with E-state index in [9.17, 15) is 27.4 Å². The van der Waals surface area contributed by atoms with Crippen molar-refractivity contribution in [3.8, 4) is 0 Å². The van der Waals surface area contributed by atoms with Crippen molar-refractivity contribution in [2.75, 3.05) is 21.3 Å². The normalized spacial score (nSPS) is 10.7. The highest BCUT2D eigenvalue weighted by atomic mass is 32.2. The smallest absolute Gasteiger partial charge is 0.339 e. The fourth-order valence-corrected chi connectivity index (χ4v) is 2.31. The molecule has 1 aromatic rings. The Morgan fingerprint density at radius 3 is 1.55 bits per heavy atom. The molecule has 0 amide bonds. The average Bonchev–Trinajstić information content (AvgIpc) is 2.50. The Balaban J connectivity index is 3.83. The van der Waals surface area contributed by atoms with Gasteiger partial charge in [-0.05, 0) is 12.1 Å². The molecule has 0 saturated carbocycles. The maximum Gasteiger partial charge on any atom is 0.339 e. The Morgan fingerprint density at radius 2 is 1.18 bits per heavy atom. The minimum Gasteiger partial charge on any atom is -0.465 e. The highest BCUT2D eigenvalue weighted by molar-refractivity contribution is 7.86. The molecule has 0 radical (unpaired) electrons. The van der Waals surface area contributed by atoms with Crippen molar-refractivity contribution in [1.29, 1.82) is 0 Å². The number of hydrogen-bond acceptors (Lipinski definition) is 8. The molecule has 0 unspecified atom stereocenters. The molecular formula is C12H12O9S. The zero-order chi connectivity index (χ0) is 17.1. The Labute approximate surface area is 125 Å². The second-order valence-corrected chi connectivity index (χ2v) is 5.23. The number of esters is 3. The van der Waals surface area contributed by atoms with Crippen molar-refractivity contribution in [2.45, 2.75) is 4.90 Å². The first kappa shape index (κ1) is 17.6. The van der Waals surface area contributed by atoms with Gasteiger partial charge in [0, 0.05) is 0 Å². The summed E-state index contributed by atoms with van der Waals surface area (Å²) in [5, 5.41) is 0. The van der Waals surface area contributed by atoms with E-state index in [1.54, 1.807) is 0 Å². The molecule has 0 heterocycles. The van der Waals surface area contributed by atoms with Crippen molar-refractivity contribution in [3.05, 3.63) is 28.8 Å². The molecule has 1 N–H and O–H groups in total. The molecule has 0 aliphatic rings. The number of benzene rings is 1. The highest BCUT2D eigenvalue weighted by Crippen LogP contribution is 2.24. The van der Waals surface area contributed by atoms with Crippen molar-refractivity contribution in [1.82, 2.24) is 0 Å². The van der Waals surface area contributed by atoms with Crippen molar-refractivity contribution >= 4 is 28.0 Å². The summed E-state index contributed by atoms with van der Waals surface area (Å²) >= 11 is 0. The summed E-state index contributed by atoms with van der Waals surface area (Å²) in [6, 6.07) is 1.41. The molecule has 0 aromatic heterocycles. The third-order valence-corrected chi connectivity index (χ3v) is 3.51. The molecule has 1 aromatic carbocycles. The van der Waals surface area contributed by atoms with Crippen molar-refractivity contribution in [2.24, 2.45) is 0 Å². The summed E-state index contributed by atoms with van der Waals surface area (Å²) in [6.07, 6.45) is 0. The first-order valence-corrected chi connectivity index (χ1v) is 7.01. The number of methoxy groups -OCH3 is 3. The molecular weight excluding hydrogens is 320 g/mol. The van der Waals surface area contributed by atoms with E-state index in [0.29, 0.717) is 6.07 Å². The maximum absolute atomic E-state index is 11.7. The summed E-state index contributed by atoms with van der Waals surface area (Å²) in [5.74, 6) is -3.19. The Morgan fingerprint density at radius 1 is 0.818 bits per heavy atom. The van der Waals surface area contributed by atoms with Crippen LogP contribution < -0.4 is 0 Å². The average molecular weight is 332 g/mol. The lowest BCUT2D eigenvalue weighted by molar-refractivity contribution is 0.0551. The molecule has 0 fully saturated rings. The zero-order valence-electron chi connectivity index (χ0n) is 11.8. The zero-order valence-corrected chi connectivity index (χ0v) is 12.6. The van der Waals surface area contributed by atoms with Gasteiger partial charge in [0.15, 0.2) is 0 Å². The molecule has 0 aliphatic heterocycles. The van der Waals surface area contributed by atoms with Crippen LogP contribution in [0, 0.1) is 0 Å². The number of carbonyl (C=O) groups excluding carboxylic acids is 3. The summed E-state index contributed by atoms with van der Waals surface area (Å²) in [7, 11) is -1.86. The molecule has 22 heavy (non-hydrogen) atoms. The minimum atomic E-state index is -4.86. The van der Waals surface area contributed by atoms with Crippen LogP contribution in [0.2, 0.25) is 0 Å². The van der Waals surface area contributed by atoms with E-state index < -0.39 is 49.6 Å². The van der Waals surface area contributed by atoms with Gasteiger partial charge in [-0.2, -0.15) is 8.42 Å². The van der Waals surface area contributed by atoms with Gasteiger partial charge in [0.05, 0.1) is 38.0 Å². The summed E-state index contributed by atoms with van der Waals surface area (Å²) in [6.45, 7) is 0. The molecule has 0 spiro atoms. The number of ether oxygens (including phenoxy) is 3. The topological polar surface area (TPSA) is 133 Å². The molecule has 0 bridgehead atoms. The molecule has 10 heteroatoms. The second kappa shape index (κ2) is 6.54. The predicted molar refractivity (Wildman–Crippen MR) is 70.3 cm³/mol. The van der Waals surface area contributed by atoms with E-state index in [2.05, 4.69) is 14.2 Å². The first-order chi connectivity index (χ1) is 10.2. The van der Waals surface area contributed by atoms with Crippen molar-refractivity contribution in [3.63, 3.8) is 0 Å². The van der Waals surface area contributed by atoms with Gasteiger partial charge in [0.1, 0.15) is 4.90 Å². The number of rotatable bonds is 4. The van der Waals surface area contributed by atoms with Crippen LogP contribution >= 0.6 is 0 Å². The fraction of sp³-hybridized carbons (Fsp3) is 0.250.